The zero-order valence-electron chi connectivity index (χ0n) is 15.3. The number of thiocarbonyl (C=S) groups is 1. The smallest absolute Gasteiger partial charge is 0.341 e. The van der Waals surface area contributed by atoms with Crippen molar-refractivity contribution in [3.8, 4) is 11.1 Å². The Labute approximate surface area is 167 Å². The zero-order valence-corrected chi connectivity index (χ0v) is 16.9. The van der Waals surface area contributed by atoms with Crippen molar-refractivity contribution in [1.82, 2.24) is 9.78 Å². The molecule has 0 saturated heterocycles. The highest BCUT2D eigenvalue weighted by Gasteiger charge is 2.24. The second-order valence-electron chi connectivity index (χ2n) is 5.73. The van der Waals surface area contributed by atoms with Crippen molar-refractivity contribution in [3.63, 3.8) is 0 Å². The van der Waals surface area contributed by atoms with Gasteiger partial charge in [-0.25, -0.2) is 4.79 Å². The van der Waals surface area contributed by atoms with Gasteiger partial charge in [0.05, 0.1) is 7.11 Å². The number of carbonyl (C=O) groups excluding carboxylic acids is 1. The van der Waals surface area contributed by atoms with Gasteiger partial charge in [0.25, 0.3) is 0 Å². The number of nitrogens with zero attached hydrogens (tertiary/aromatic N) is 2. The van der Waals surface area contributed by atoms with E-state index < -0.39 is 5.97 Å². The van der Waals surface area contributed by atoms with Crippen molar-refractivity contribution in [2.24, 2.45) is 0 Å². The summed E-state index contributed by atoms with van der Waals surface area (Å²) in [7, 11) is 1.38. The van der Waals surface area contributed by atoms with Gasteiger partial charge < -0.3 is 15.4 Å². The van der Waals surface area contributed by atoms with Crippen LogP contribution in [0.5, 0.6) is 0 Å². The van der Waals surface area contributed by atoms with Crippen molar-refractivity contribution in [2.45, 2.75) is 20.4 Å². The number of thiophene rings is 1. The molecule has 6 nitrogen and oxygen atoms in total. The number of hydrogen-bond acceptors (Lipinski definition) is 5. The van der Waals surface area contributed by atoms with Gasteiger partial charge in [-0.15, -0.1) is 11.3 Å². The minimum Gasteiger partial charge on any atom is -0.465 e. The molecule has 0 atom stereocenters. The summed E-state index contributed by atoms with van der Waals surface area (Å²) in [4.78, 5) is 13.5. The summed E-state index contributed by atoms with van der Waals surface area (Å²) >= 11 is 6.86. The Morgan fingerprint density at radius 1 is 1.26 bits per heavy atom. The fourth-order valence-corrected chi connectivity index (χ4v) is 4.08. The van der Waals surface area contributed by atoms with Gasteiger partial charge in [-0.3, -0.25) is 4.68 Å². The lowest BCUT2D eigenvalue weighted by Gasteiger charge is -2.10. The Bertz CT molecular complexity index is 964. The van der Waals surface area contributed by atoms with Crippen LogP contribution in [0.3, 0.4) is 0 Å². The molecule has 0 radical (unpaired) electrons. The van der Waals surface area contributed by atoms with Gasteiger partial charge in [0.2, 0.25) is 0 Å². The number of carbonyl (C=O) groups is 1. The van der Waals surface area contributed by atoms with Gasteiger partial charge in [0.1, 0.15) is 10.6 Å². The normalized spacial score (nSPS) is 10.5. The topological polar surface area (TPSA) is 68.2 Å². The van der Waals surface area contributed by atoms with Gasteiger partial charge in [-0.05, 0) is 31.6 Å². The number of aryl methyl sites for hydroxylation is 2. The molecule has 0 bridgehead atoms. The summed E-state index contributed by atoms with van der Waals surface area (Å²) in [6.45, 7) is 4.76. The molecule has 2 heterocycles. The highest BCUT2D eigenvalue weighted by molar-refractivity contribution is 7.80. The van der Waals surface area contributed by atoms with Crippen LogP contribution in [0.15, 0.2) is 42.6 Å². The summed E-state index contributed by atoms with van der Waals surface area (Å²) in [6, 6.07) is 11.6. The molecular formula is C19H20N4O2S2. The number of benzene rings is 1. The fraction of sp³-hybridized carbons (Fsp3) is 0.211. The molecule has 1 aromatic carbocycles. The number of anilines is 2. The predicted molar refractivity (Wildman–Crippen MR) is 114 cm³/mol. The minimum absolute atomic E-state index is 0.363. The molecule has 27 heavy (non-hydrogen) atoms. The average Bonchev–Trinajstić information content (AvgIpc) is 3.25. The molecule has 0 saturated carbocycles. The number of nitrogens with one attached hydrogen (secondary N) is 2. The van der Waals surface area contributed by atoms with E-state index in [0.29, 0.717) is 21.5 Å². The van der Waals surface area contributed by atoms with E-state index in [1.807, 2.05) is 56.4 Å². The summed E-state index contributed by atoms with van der Waals surface area (Å²) < 4.78 is 6.82. The lowest BCUT2D eigenvalue weighted by Crippen LogP contribution is -2.20. The van der Waals surface area contributed by atoms with Crippen LogP contribution in [0.1, 0.15) is 22.2 Å². The standard InChI is InChI=1S/C19H20N4O2S2/c1-4-23-11-10-14(22-23)20-19(26)21-17-16(18(24)25-3)15(12(2)27-17)13-8-6-5-7-9-13/h5-11H,4H2,1-3H3,(H2,20,21,22,26). The lowest BCUT2D eigenvalue weighted by atomic mass is 10.0. The minimum atomic E-state index is -0.404. The highest BCUT2D eigenvalue weighted by Crippen LogP contribution is 2.40. The number of hydrogen-bond donors (Lipinski definition) is 2. The Kier molecular flexibility index (Phi) is 5.88. The van der Waals surface area contributed by atoms with Crippen molar-refractivity contribution in [1.29, 1.82) is 0 Å². The molecule has 0 amide bonds. The van der Waals surface area contributed by atoms with E-state index in [0.717, 1.165) is 22.5 Å². The monoisotopic (exact) mass is 400 g/mol. The van der Waals surface area contributed by atoms with Gasteiger partial charge in [0, 0.05) is 29.2 Å². The van der Waals surface area contributed by atoms with Crippen LogP contribution >= 0.6 is 23.6 Å². The summed E-state index contributed by atoms with van der Waals surface area (Å²) in [5, 5.41) is 11.5. The van der Waals surface area contributed by atoms with Crippen LogP contribution in [-0.4, -0.2) is 28.0 Å². The van der Waals surface area contributed by atoms with Crippen molar-refractivity contribution < 1.29 is 9.53 Å². The molecule has 8 heteroatoms. The maximum absolute atomic E-state index is 12.5. The largest absolute Gasteiger partial charge is 0.465 e. The maximum atomic E-state index is 12.5. The Balaban J connectivity index is 1.90. The van der Waals surface area contributed by atoms with E-state index >= 15 is 0 Å². The fourth-order valence-electron chi connectivity index (χ4n) is 2.74. The first-order valence-electron chi connectivity index (χ1n) is 8.42. The molecule has 0 aliphatic heterocycles. The van der Waals surface area contributed by atoms with Gasteiger partial charge in [-0.2, -0.15) is 5.10 Å². The molecule has 0 aliphatic rings. The average molecular weight is 401 g/mol. The lowest BCUT2D eigenvalue weighted by molar-refractivity contribution is 0.0603. The van der Waals surface area contributed by atoms with E-state index in [1.54, 1.807) is 4.68 Å². The van der Waals surface area contributed by atoms with E-state index in [4.69, 9.17) is 17.0 Å². The van der Waals surface area contributed by atoms with Crippen LogP contribution in [0.2, 0.25) is 0 Å². The number of esters is 1. The van der Waals surface area contributed by atoms with Crippen molar-refractivity contribution in [2.75, 3.05) is 17.7 Å². The first kappa shape index (κ1) is 19.1. The Hall–Kier alpha value is -2.71. The summed E-state index contributed by atoms with van der Waals surface area (Å²) in [5.41, 5.74) is 2.29. The van der Waals surface area contributed by atoms with Crippen LogP contribution < -0.4 is 10.6 Å². The molecule has 0 fully saturated rings. The number of methoxy groups -OCH3 is 1. The third kappa shape index (κ3) is 4.17. The van der Waals surface area contributed by atoms with Gasteiger partial charge in [0.15, 0.2) is 10.9 Å². The van der Waals surface area contributed by atoms with E-state index in [9.17, 15) is 4.79 Å². The second-order valence-corrected chi connectivity index (χ2v) is 7.36. The van der Waals surface area contributed by atoms with Crippen molar-refractivity contribution in [3.05, 3.63) is 53.0 Å². The van der Waals surface area contributed by atoms with Crippen LogP contribution in [0, 0.1) is 6.92 Å². The van der Waals surface area contributed by atoms with E-state index in [-0.39, 0.29) is 0 Å². The third-order valence-electron chi connectivity index (χ3n) is 3.97. The molecule has 0 unspecified atom stereocenters. The van der Waals surface area contributed by atoms with Gasteiger partial charge >= 0.3 is 5.97 Å². The molecule has 2 aromatic heterocycles. The molecule has 0 aliphatic carbocycles. The summed E-state index contributed by atoms with van der Waals surface area (Å²) in [6.07, 6.45) is 1.87. The highest BCUT2D eigenvalue weighted by atomic mass is 32.1. The van der Waals surface area contributed by atoms with Crippen molar-refractivity contribution >= 4 is 45.5 Å². The SMILES string of the molecule is CCn1ccc(NC(=S)Nc2sc(C)c(-c3ccccc3)c2C(=O)OC)n1. The second kappa shape index (κ2) is 8.32. The quantitative estimate of drug-likeness (QED) is 0.484. The van der Waals surface area contributed by atoms with Crippen LogP contribution in [0.4, 0.5) is 10.8 Å². The van der Waals surface area contributed by atoms with E-state index in [2.05, 4.69) is 15.7 Å². The Morgan fingerprint density at radius 2 is 2.00 bits per heavy atom. The maximum Gasteiger partial charge on any atom is 0.341 e. The molecular weight excluding hydrogens is 380 g/mol. The molecule has 3 rings (SSSR count). The third-order valence-corrected chi connectivity index (χ3v) is 5.19. The first-order chi connectivity index (χ1) is 13.0. The Morgan fingerprint density at radius 3 is 2.63 bits per heavy atom. The van der Waals surface area contributed by atoms with Crippen LogP contribution in [-0.2, 0) is 11.3 Å². The number of rotatable bonds is 5. The van der Waals surface area contributed by atoms with Crippen LogP contribution in [0.25, 0.3) is 11.1 Å². The number of aromatic nitrogens is 2. The van der Waals surface area contributed by atoms with Gasteiger partial charge in [-0.1, -0.05) is 30.3 Å². The molecule has 3 aromatic rings. The molecule has 2 N–H and O–H groups in total. The first-order valence-corrected chi connectivity index (χ1v) is 9.64. The predicted octanol–water partition coefficient (Wildman–Crippen LogP) is 4.54. The summed E-state index contributed by atoms with van der Waals surface area (Å²) in [5.74, 6) is 0.240. The molecule has 0 spiro atoms. The molecule has 140 valence electrons. The van der Waals surface area contributed by atoms with E-state index in [1.165, 1.54) is 18.4 Å². The zero-order chi connectivity index (χ0) is 19.4. The number of ether oxygens (including phenoxy) is 1.